The average molecular weight is 411 g/mol. The van der Waals surface area contributed by atoms with E-state index < -0.39 is 13.6 Å². The highest BCUT2D eigenvalue weighted by Gasteiger charge is 2.31. The second-order valence-electron chi connectivity index (χ2n) is 5.24. The number of alkyl halides is 1. The fourth-order valence-electron chi connectivity index (χ4n) is 2.03. The van der Waals surface area contributed by atoms with Gasteiger partial charge in [0, 0.05) is 5.56 Å². The third-order valence-electron chi connectivity index (χ3n) is 3.08. The SMILES string of the molecule is CCOP(=O)(Cc1cc(C(=O)OC)oc1C(Br)C(C)C)OCC. The first-order valence-corrected chi connectivity index (χ1v) is 10.1. The fraction of sp³-hybridized carbons (Fsp3) is 0.667. The highest BCUT2D eigenvalue weighted by atomic mass is 79.9. The van der Waals surface area contributed by atoms with Gasteiger partial charge < -0.3 is 18.2 Å². The van der Waals surface area contributed by atoms with Gasteiger partial charge in [-0.1, -0.05) is 29.8 Å². The van der Waals surface area contributed by atoms with Crippen molar-refractivity contribution < 1.29 is 27.6 Å². The molecule has 1 aromatic heterocycles. The van der Waals surface area contributed by atoms with Crippen molar-refractivity contribution >= 4 is 29.5 Å². The van der Waals surface area contributed by atoms with E-state index >= 15 is 0 Å². The number of furan rings is 1. The van der Waals surface area contributed by atoms with E-state index in [1.165, 1.54) is 7.11 Å². The van der Waals surface area contributed by atoms with Crippen molar-refractivity contribution in [1.82, 2.24) is 0 Å². The number of ether oxygens (including phenoxy) is 1. The maximum Gasteiger partial charge on any atom is 0.373 e. The molecule has 0 saturated carbocycles. The summed E-state index contributed by atoms with van der Waals surface area (Å²) < 4.78 is 33.7. The Balaban J connectivity index is 3.23. The van der Waals surface area contributed by atoms with Gasteiger partial charge in [-0.05, 0) is 25.8 Å². The second-order valence-corrected chi connectivity index (χ2v) is 8.28. The van der Waals surface area contributed by atoms with E-state index in [2.05, 4.69) is 15.9 Å². The smallest absolute Gasteiger partial charge is 0.373 e. The summed E-state index contributed by atoms with van der Waals surface area (Å²) in [5, 5.41) is 0. The Morgan fingerprint density at radius 2 is 1.87 bits per heavy atom. The molecule has 1 heterocycles. The summed E-state index contributed by atoms with van der Waals surface area (Å²) in [6, 6.07) is 1.54. The van der Waals surface area contributed by atoms with Gasteiger partial charge in [-0.2, -0.15) is 0 Å². The minimum Gasteiger partial charge on any atom is -0.463 e. The first-order chi connectivity index (χ1) is 10.8. The van der Waals surface area contributed by atoms with Crippen molar-refractivity contribution in [2.45, 2.75) is 38.7 Å². The lowest BCUT2D eigenvalue weighted by atomic mass is 10.1. The van der Waals surface area contributed by atoms with Crippen LogP contribution in [0.1, 0.15) is 54.4 Å². The van der Waals surface area contributed by atoms with Crippen molar-refractivity contribution in [3.63, 3.8) is 0 Å². The van der Waals surface area contributed by atoms with Crippen LogP contribution in [0.5, 0.6) is 0 Å². The van der Waals surface area contributed by atoms with Crippen LogP contribution in [0, 0.1) is 5.92 Å². The van der Waals surface area contributed by atoms with Crippen molar-refractivity contribution in [2.75, 3.05) is 20.3 Å². The molecule has 1 aromatic rings. The molecule has 0 fully saturated rings. The highest BCUT2D eigenvalue weighted by Crippen LogP contribution is 2.53. The van der Waals surface area contributed by atoms with E-state index in [9.17, 15) is 9.36 Å². The normalized spacial score (nSPS) is 13.3. The Morgan fingerprint density at radius 3 is 2.30 bits per heavy atom. The molecule has 132 valence electrons. The Labute approximate surface area is 145 Å². The summed E-state index contributed by atoms with van der Waals surface area (Å²) in [4.78, 5) is 11.6. The average Bonchev–Trinajstić information content (AvgIpc) is 2.89. The molecular formula is C15H24BrO6P. The van der Waals surface area contributed by atoms with Crippen LogP contribution in [-0.2, 0) is 24.5 Å². The summed E-state index contributed by atoms with van der Waals surface area (Å²) in [5.74, 6) is 0.245. The number of hydrogen-bond donors (Lipinski definition) is 0. The Hall–Kier alpha value is -0.620. The van der Waals surface area contributed by atoms with Crippen LogP contribution < -0.4 is 0 Å². The minimum atomic E-state index is -3.30. The second kappa shape index (κ2) is 9.02. The van der Waals surface area contributed by atoms with Crippen LogP contribution in [0.15, 0.2) is 10.5 Å². The number of rotatable bonds is 9. The van der Waals surface area contributed by atoms with E-state index in [-0.39, 0.29) is 35.9 Å². The maximum absolute atomic E-state index is 12.8. The van der Waals surface area contributed by atoms with Crippen LogP contribution in [0.2, 0.25) is 0 Å². The van der Waals surface area contributed by atoms with Gasteiger partial charge in [0.2, 0.25) is 5.76 Å². The molecular weight excluding hydrogens is 387 g/mol. The zero-order chi connectivity index (χ0) is 17.6. The van der Waals surface area contributed by atoms with Gasteiger partial charge in [-0.15, -0.1) is 0 Å². The Morgan fingerprint density at radius 1 is 1.30 bits per heavy atom. The number of methoxy groups -OCH3 is 1. The fourth-order valence-corrected chi connectivity index (χ4v) is 4.13. The number of carbonyl (C=O) groups excluding carboxylic acids is 1. The van der Waals surface area contributed by atoms with E-state index in [0.717, 1.165) is 0 Å². The van der Waals surface area contributed by atoms with Gasteiger partial charge >= 0.3 is 13.6 Å². The summed E-state index contributed by atoms with van der Waals surface area (Å²) in [6.07, 6.45) is 0.0410. The molecule has 0 saturated heterocycles. The van der Waals surface area contributed by atoms with Gasteiger partial charge in [-0.3, -0.25) is 4.57 Å². The lowest BCUT2D eigenvalue weighted by Crippen LogP contribution is -2.03. The quantitative estimate of drug-likeness (QED) is 0.326. The molecule has 1 atom stereocenters. The molecule has 1 rings (SSSR count). The third kappa shape index (κ3) is 5.45. The Kier molecular flexibility index (Phi) is 8.01. The molecule has 0 radical (unpaired) electrons. The van der Waals surface area contributed by atoms with Crippen LogP contribution in [0.25, 0.3) is 0 Å². The monoisotopic (exact) mass is 410 g/mol. The van der Waals surface area contributed by atoms with Crippen molar-refractivity contribution in [3.05, 3.63) is 23.2 Å². The Bertz CT molecular complexity index is 558. The lowest BCUT2D eigenvalue weighted by molar-refractivity contribution is 0.0562. The minimum absolute atomic E-state index is 0.0410. The van der Waals surface area contributed by atoms with Gasteiger partial charge in [-0.25, -0.2) is 4.79 Å². The van der Waals surface area contributed by atoms with Crippen molar-refractivity contribution in [1.29, 1.82) is 0 Å². The van der Waals surface area contributed by atoms with E-state index in [4.69, 9.17) is 18.2 Å². The summed E-state index contributed by atoms with van der Waals surface area (Å²) >= 11 is 3.55. The molecule has 0 N–H and O–H groups in total. The summed E-state index contributed by atoms with van der Waals surface area (Å²) in [7, 11) is -2.02. The molecule has 0 aromatic carbocycles. The molecule has 6 nitrogen and oxygen atoms in total. The molecule has 8 heteroatoms. The molecule has 1 unspecified atom stereocenters. The predicted octanol–water partition coefficient (Wildman–Crippen LogP) is 4.92. The standard InChI is InChI=1S/C15H24BrO6P/c1-6-20-23(18,21-7-2)9-11-8-12(15(17)19-5)22-14(11)13(16)10(3)4/h8,10,13H,6-7,9H2,1-5H3. The summed E-state index contributed by atoms with van der Waals surface area (Å²) in [5.41, 5.74) is 0.617. The van der Waals surface area contributed by atoms with Crippen LogP contribution in [0.4, 0.5) is 0 Å². The van der Waals surface area contributed by atoms with Crippen molar-refractivity contribution in [2.24, 2.45) is 5.92 Å². The zero-order valence-electron chi connectivity index (χ0n) is 14.1. The topological polar surface area (TPSA) is 75.0 Å². The van der Waals surface area contributed by atoms with Gasteiger partial charge in [0.05, 0.1) is 31.3 Å². The van der Waals surface area contributed by atoms with Gasteiger partial charge in [0.1, 0.15) is 5.76 Å². The first-order valence-electron chi connectivity index (χ1n) is 7.51. The van der Waals surface area contributed by atoms with Crippen molar-refractivity contribution in [3.8, 4) is 0 Å². The van der Waals surface area contributed by atoms with E-state index in [1.807, 2.05) is 13.8 Å². The molecule has 0 aliphatic rings. The third-order valence-corrected chi connectivity index (χ3v) is 6.58. The van der Waals surface area contributed by atoms with Crippen LogP contribution in [-0.4, -0.2) is 26.3 Å². The maximum atomic E-state index is 12.8. The van der Waals surface area contributed by atoms with Crippen LogP contribution in [0.3, 0.4) is 0 Å². The molecule has 0 aliphatic carbocycles. The van der Waals surface area contributed by atoms with Gasteiger partial charge in [0.15, 0.2) is 0 Å². The number of hydrogen-bond acceptors (Lipinski definition) is 6. The molecule has 23 heavy (non-hydrogen) atoms. The zero-order valence-corrected chi connectivity index (χ0v) is 16.6. The lowest BCUT2D eigenvalue weighted by Gasteiger charge is -2.18. The highest BCUT2D eigenvalue weighted by molar-refractivity contribution is 9.09. The molecule has 0 amide bonds. The molecule has 0 aliphatic heterocycles. The number of halogens is 1. The van der Waals surface area contributed by atoms with Gasteiger partial charge in [0.25, 0.3) is 0 Å². The van der Waals surface area contributed by atoms with E-state index in [0.29, 0.717) is 11.3 Å². The number of esters is 1. The van der Waals surface area contributed by atoms with E-state index in [1.54, 1.807) is 19.9 Å². The molecule has 0 spiro atoms. The predicted molar refractivity (Wildman–Crippen MR) is 91.1 cm³/mol. The first kappa shape index (κ1) is 20.4. The largest absolute Gasteiger partial charge is 0.463 e. The molecule has 0 bridgehead atoms. The van der Waals surface area contributed by atoms with Crippen LogP contribution >= 0.6 is 23.5 Å². The number of carbonyl (C=O) groups is 1. The summed E-state index contributed by atoms with van der Waals surface area (Å²) in [6.45, 7) is 8.07.